The molecule has 3 aromatic rings. The number of ether oxygens (including phenoxy) is 1. The summed E-state index contributed by atoms with van der Waals surface area (Å²) in [4.78, 5) is 24.2. The molecule has 0 bridgehead atoms. The van der Waals surface area contributed by atoms with E-state index < -0.39 is 9.84 Å². The van der Waals surface area contributed by atoms with E-state index in [0.29, 0.717) is 11.4 Å². The average molecular weight is 483 g/mol. The standard InChI is InChI=1S/C25H30N4O4S/c1-4-5-19-15-26-25(27-16-19)28-12-10-21(11-13-28)33-23-14-24(30)29(17-18(23)2)20-6-8-22(9-7-20)34(3,31)32/h6-9,14-17,21H,4-5,10-13H2,1-3H3. The first-order valence-electron chi connectivity index (χ1n) is 11.5. The van der Waals surface area contributed by atoms with Crippen LogP contribution >= 0.6 is 0 Å². The van der Waals surface area contributed by atoms with Crippen molar-refractivity contribution >= 4 is 15.8 Å². The highest BCUT2D eigenvalue weighted by Crippen LogP contribution is 2.24. The zero-order chi connectivity index (χ0) is 24.3. The second-order valence-electron chi connectivity index (χ2n) is 8.74. The van der Waals surface area contributed by atoms with Gasteiger partial charge >= 0.3 is 0 Å². The van der Waals surface area contributed by atoms with Gasteiger partial charge < -0.3 is 9.64 Å². The Morgan fingerprint density at radius 2 is 1.74 bits per heavy atom. The molecule has 0 atom stereocenters. The summed E-state index contributed by atoms with van der Waals surface area (Å²) in [5.74, 6) is 1.33. The van der Waals surface area contributed by atoms with Crippen LogP contribution in [0.25, 0.3) is 5.69 Å². The number of hydrogen-bond donors (Lipinski definition) is 0. The molecule has 0 aliphatic carbocycles. The fourth-order valence-electron chi connectivity index (χ4n) is 4.08. The third-order valence-corrected chi connectivity index (χ3v) is 7.12. The first-order valence-corrected chi connectivity index (χ1v) is 13.4. The highest BCUT2D eigenvalue weighted by molar-refractivity contribution is 7.90. The third-order valence-electron chi connectivity index (χ3n) is 6.00. The van der Waals surface area contributed by atoms with Crippen molar-refractivity contribution in [2.45, 2.75) is 50.5 Å². The van der Waals surface area contributed by atoms with E-state index >= 15 is 0 Å². The second-order valence-corrected chi connectivity index (χ2v) is 10.8. The zero-order valence-electron chi connectivity index (χ0n) is 19.8. The Balaban J connectivity index is 1.41. The molecule has 0 radical (unpaired) electrons. The van der Waals surface area contributed by atoms with Crippen LogP contribution in [-0.4, -0.2) is 48.4 Å². The first-order chi connectivity index (χ1) is 16.2. The minimum Gasteiger partial charge on any atom is -0.490 e. The second kappa shape index (κ2) is 9.97. The number of piperidine rings is 1. The minimum absolute atomic E-state index is 0.0126. The number of aryl methyl sites for hydroxylation is 2. The summed E-state index contributed by atoms with van der Waals surface area (Å²) >= 11 is 0. The van der Waals surface area contributed by atoms with Gasteiger partial charge in [-0.3, -0.25) is 9.36 Å². The maximum Gasteiger partial charge on any atom is 0.258 e. The molecule has 3 heterocycles. The summed E-state index contributed by atoms with van der Waals surface area (Å²) < 4.78 is 31.1. The molecule has 180 valence electrons. The number of aromatic nitrogens is 3. The lowest BCUT2D eigenvalue weighted by Crippen LogP contribution is -2.39. The summed E-state index contributed by atoms with van der Waals surface area (Å²) in [5.41, 5.74) is 2.36. The van der Waals surface area contributed by atoms with Gasteiger partial charge in [0.25, 0.3) is 5.56 Å². The molecule has 1 aromatic carbocycles. The van der Waals surface area contributed by atoms with Gasteiger partial charge in [0.15, 0.2) is 9.84 Å². The van der Waals surface area contributed by atoms with E-state index in [-0.39, 0.29) is 16.6 Å². The number of nitrogens with zero attached hydrogens (tertiary/aromatic N) is 4. The molecule has 9 heteroatoms. The number of rotatable bonds is 7. The van der Waals surface area contributed by atoms with Gasteiger partial charge in [-0.15, -0.1) is 0 Å². The van der Waals surface area contributed by atoms with Gasteiger partial charge in [0.05, 0.1) is 4.90 Å². The van der Waals surface area contributed by atoms with Crippen molar-refractivity contribution in [1.29, 1.82) is 0 Å². The van der Waals surface area contributed by atoms with E-state index in [0.717, 1.165) is 62.1 Å². The SMILES string of the molecule is CCCc1cnc(N2CCC(Oc3cc(=O)n(-c4ccc(S(C)(=O)=O)cc4)cc3C)CC2)nc1. The quantitative estimate of drug-likeness (QED) is 0.510. The summed E-state index contributed by atoms with van der Waals surface area (Å²) in [6.07, 6.45) is 10.4. The van der Waals surface area contributed by atoms with Gasteiger partial charge in [0, 0.05) is 68.1 Å². The Morgan fingerprint density at radius 3 is 2.32 bits per heavy atom. The molecule has 2 aromatic heterocycles. The highest BCUT2D eigenvalue weighted by Gasteiger charge is 2.23. The molecule has 1 fully saturated rings. The largest absolute Gasteiger partial charge is 0.490 e. The fraction of sp³-hybridized carbons (Fsp3) is 0.400. The van der Waals surface area contributed by atoms with E-state index in [2.05, 4.69) is 21.8 Å². The molecule has 0 unspecified atom stereocenters. The lowest BCUT2D eigenvalue weighted by atomic mass is 10.1. The summed E-state index contributed by atoms with van der Waals surface area (Å²) in [6.45, 7) is 5.62. The van der Waals surface area contributed by atoms with Crippen LogP contribution in [0.5, 0.6) is 5.75 Å². The molecular formula is C25H30N4O4S. The maximum atomic E-state index is 12.8. The van der Waals surface area contributed by atoms with Crippen LogP contribution in [0.1, 0.15) is 37.3 Å². The Morgan fingerprint density at radius 1 is 1.09 bits per heavy atom. The average Bonchev–Trinajstić information content (AvgIpc) is 2.82. The Labute approximate surface area is 200 Å². The zero-order valence-corrected chi connectivity index (χ0v) is 20.6. The normalized spacial score (nSPS) is 14.9. The number of hydrogen-bond acceptors (Lipinski definition) is 7. The summed E-state index contributed by atoms with van der Waals surface area (Å²) in [7, 11) is -3.29. The van der Waals surface area contributed by atoms with Crippen molar-refractivity contribution < 1.29 is 13.2 Å². The molecule has 34 heavy (non-hydrogen) atoms. The highest BCUT2D eigenvalue weighted by atomic mass is 32.2. The molecule has 8 nitrogen and oxygen atoms in total. The van der Waals surface area contributed by atoms with Crippen molar-refractivity contribution in [3.63, 3.8) is 0 Å². The van der Waals surface area contributed by atoms with E-state index in [1.807, 2.05) is 19.3 Å². The van der Waals surface area contributed by atoms with Crippen LogP contribution in [0.3, 0.4) is 0 Å². The van der Waals surface area contributed by atoms with E-state index in [1.54, 1.807) is 18.3 Å². The van der Waals surface area contributed by atoms with Crippen LogP contribution in [0, 0.1) is 6.92 Å². The van der Waals surface area contributed by atoms with Gasteiger partial charge in [-0.1, -0.05) is 13.3 Å². The lowest BCUT2D eigenvalue weighted by molar-refractivity contribution is 0.169. The van der Waals surface area contributed by atoms with Crippen LogP contribution in [0.4, 0.5) is 5.95 Å². The van der Waals surface area contributed by atoms with Crippen molar-refractivity contribution in [3.05, 3.63) is 70.4 Å². The maximum absolute atomic E-state index is 12.8. The van der Waals surface area contributed by atoms with E-state index in [1.165, 1.54) is 22.8 Å². The Kier molecular flexibility index (Phi) is 7.02. The molecule has 0 saturated carbocycles. The van der Waals surface area contributed by atoms with Crippen molar-refractivity contribution in [1.82, 2.24) is 14.5 Å². The van der Waals surface area contributed by atoms with Crippen LogP contribution < -0.4 is 15.2 Å². The molecule has 4 rings (SSSR count). The predicted octanol–water partition coefficient (Wildman–Crippen LogP) is 3.34. The van der Waals surface area contributed by atoms with Crippen LogP contribution in [0.2, 0.25) is 0 Å². The van der Waals surface area contributed by atoms with Crippen molar-refractivity contribution in [2.75, 3.05) is 24.2 Å². The smallest absolute Gasteiger partial charge is 0.258 e. The monoisotopic (exact) mass is 482 g/mol. The first kappa shape index (κ1) is 23.9. The van der Waals surface area contributed by atoms with Crippen molar-refractivity contribution in [3.8, 4) is 11.4 Å². The van der Waals surface area contributed by atoms with Gasteiger partial charge in [0.2, 0.25) is 5.95 Å². The van der Waals surface area contributed by atoms with Crippen LogP contribution in [-0.2, 0) is 16.3 Å². The fourth-order valence-corrected chi connectivity index (χ4v) is 4.71. The third kappa shape index (κ3) is 5.47. The number of pyridine rings is 1. The molecule has 1 saturated heterocycles. The molecule has 1 aliphatic rings. The molecule has 0 spiro atoms. The van der Waals surface area contributed by atoms with E-state index in [4.69, 9.17) is 4.74 Å². The molecule has 1 aliphatic heterocycles. The minimum atomic E-state index is -3.29. The van der Waals surface area contributed by atoms with Crippen molar-refractivity contribution in [2.24, 2.45) is 0 Å². The molecular weight excluding hydrogens is 452 g/mol. The molecule has 0 N–H and O–H groups in total. The van der Waals surface area contributed by atoms with Gasteiger partial charge in [-0.25, -0.2) is 18.4 Å². The van der Waals surface area contributed by atoms with E-state index in [9.17, 15) is 13.2 Å². The number of anilines is 1. The van der Waals surface area contributed by atoms with Gasteiger partial charge in [-0.2, -0.15) is 0 Å². The molecule has 0 amide bonds. The Hall–Kier alpha value is -3.20. The lowest BCUT2D eigenvalue weighted by Gasteiger charge is -2.32. The predicted molar refractivity (Wildman–Crippen MR) is 132 cm³/mol. The number of sulfone groups is 1. The summed E-state index contributed by atoms with van der Waals surface area (Å²) in [6, 6.07) is 7.77. The number of benzene rings is 1. The summed E-state index contributed by atoms with van der Waals surface area (Å²) in [5, 5.41) is 0. The van der Waals surface area contributed by atoms with Crippen LogP contribution in [0.15, 0.2) is 58.6 Å². The topological polar surface area (TPSA) is 94.4 Å². The van der Waals surface area contributed by atoms with Gasteiger partial charge in [0.1, 0.15) is 11.9 Å². The Bertz CT molecular complexity index is 1290. The van der Waals surface area contributed by atoms with Gasteiger partial charge in [-0.05, 0) is 43.2 Å².